The molecule has 4 nitrogen and oxygen atoms in total. The van der Waals surface area contributed by atoms with E-state index >= 15 is 0 Å². The van der Waals surface area contributed by atoms with Gasteiger partial charge in [0.25, 0.3) is 5.91 Å². The fraction of sp³-hybridized carbons (Fsp3) is 0.429. The van der Waals surface area contributed by atoms with E-state index in [0.717, 1.165) is 10.0 Å². The van der Waals surface area contributed by atoms with E-state index in [2.05, 4.69) is 15.9 Å². The largest absolute Gasteiger partial charge is 0.347 e. The molecular weight excluding hydrogens is 308 g/mol. The Kier molecular flexibility index (Phi) is 5.54. The highest BCUT2D eigenvalue weighted by Gasteiger charge is 2.20. The highest BCUT2D eigenvalue weighted by molar-refractivity contribution is 9.10. The summed E-state index contributed by atoms with van der Waals surface area (Å²) in [5.41, 5.74) is 1.52. The summed E-state index contributed by atoms with van der Waals surface area (Å²) in [7, 11) is 3.37. The first kappa shape index (κ1) is 15.7. The third-order valence-corrected chi connectivity index (χ3v) is 3.85. The lowest BCUT2D eigenvalue weighted by atomic mass is 10.1. The summed E-state index contributed by atoms with van der Waals surface area (Å²) < 4.78 is 0.897. The second kappa shape index (κ2) is 6.70. The molecule has 0 saturated heterocycles. The van der Waals surface area contributed by atoms with E-state index in [-0.39, 0.29) is 18.4 Å². The van der Waals surface area contributed by atoms with Crippen molar-refractivity contribution in [3.8, 4) is 0 Å². The third kappa shape index (κ3) is 3.80. The van der Waals surface area contributed by atoms with Crippen LogP contribution in [0.2, 0.25) is 0 Å². The van der Waals surface area contributed by atoms with Gasteiger partial charge in [-0.15, -0.1) is 0 Å². The van der Waals surface area contributed by atoms with Crippen molar-refractivity contribution < 1.29 is 9.59 Å². The number of nitrogens with zero attached hydrogens (tertiary/aromatic N) is 2. The quantitative estimate of drug-likeness (QED) is 0.851. The van der Waals surface area contributed by atoms with Gasteiger partial charge in [-0.2, -0.15) is 0 Å². The Bertz CT molecular complexity index is 486. The molecule has 0 aliphatic heterocycles. The molecule has 1 rings (SSSR count). The molecule has 0 bridgehead atoms. The van der Waals surface area contributed by atoms with E-state index in [4.69, 9.17) is 0 Å². The van der Waals surface area contributed by atoms with Gasteiger partial charge in [-0.1, -0.05) is 22.0 Å². The van der Waals surface area contributed by atoms with Crippen LogP contribution in [0.25, 0.3) is 0 Å². The van der Waals surface area contributed by atoms with Crippen LogP contribution >= 0.6 is 15.9 Å². The van der Waals surface area contributed by atoms with Crippen molar-refractivity contribution in [1.82, 2.24) is 9.80 Å². The van der Waals surface area contributed by atoms with Gasteiger partial charge < -0.3 is 9.80 Å². The summed E-state index contributed by atoms with van der Waals surface area (Å²) in [6.07, 6.45) is 0. The maximum absolute atomic E-state index is 12.4. The molecule has 1 aromatic rings. The SMILES string of the molecule is CCN(CC(=O)N(C)C)C(=O)c1cccc(Br)c1C. The maximum atomic E-state index is 12.4. The molecule has 2 amide bonds. The number of halogens is 1. The molecule has 1 aromatic carbocycles. The Labute approximate surface area is 122 Å². The lowest BCUT2D eigenvalue weighted by Crippen LogP contribution is -2.40. The zero-order valence-electron chi connectivity index (χ0n) is 11.7. The minimum absolute atomic E-state index is 0.0807. The Morgan fingerprint density at radius 2 is 1.89 bits per heavy atom. The predicted molar refractivity (Wildman–Crippen MR) is 79.2 cm³/mol. The Morgan fingerprint density at radius 3 is 2.42 bits per heavy atom. The predicted octanol–water partition coefficient (Wildman–Crippen LogP) is 2.31. The minimum atomic E-state index is -0.114. The van der Waals surface area contributed by atoms with Gasteiger partial charge in [-0.05, 0) is 31.5 Å². The van der Waals surface area contributed by atoms with Gasteiger partial charge in [0.1, 0.15) is 0 Å². The molecular formula is C14H19BrN2O2. The highest BCUT2D eigenvalue weighted by Crippen LogP contribution is 2.20. The smallest absolute Gasteiger partial charge is 0.254 e. The van der Waals surface area contributed by atoms with Crippen LogP contribution in [0.5, 0.6) is 0 Å². The topological polar surface area (TPSA) is 40.6 Å². The van der Waals surface area contributed by atoms with Gasteiger partial charge in [-0.25, -0.2) is 0 Å². The molecule has 0 N–H and O–H groups in total. The number of likely N-dealkylation sites (N-methyl/N-ethyl adjacent to an activating group) is 2. The van der Waals surface area contributed by atoms with Crippen molar-refractivity contribution in [1.29, 1.82) is 0 Å². The van der Waals surface area contributed by atoms with E-state index in [1.54, 1.807) is 25.1 Å². The molecule has 0 aliphatic rings. The first-order valence-electron chi connectivity index (χ1n) is 6.13. The molecule has 0 spiro atoms. The number of hydrogen-bond donors (Lipinski definition) is 0. The summed E-state index contributed by atoms with van der Waals surface area (Å²) >= 11 is 3.41. The molecule has 0 heterocycles. The van der Waals surface area contributed by atoms with Crippen molar-refractivity contribution in [3.63, 3.8) is 0 Å². The zero-order valence-corrected chi connectivity index (χ0v) is 13.3. The number of carbonyl (C=O) groups excluding carboxylic acids is 2. The fourth-order valence-corrected chi connectivity index (χ4v) is 2.01. The van der Waals surface area contributed by atoms with Crippen molar-refractivity contribution >= 4 is 27.7 Å². The summed E-state index contributed by atoms with van der Waals surface area (Å²) in [4.78, 5) is 27.2. The molecule has 19 heavy (non-hydrogen) atoms. The zero-order chi connectivity index (χ0) is 14.6. The molecule has 0 aromatic heterocycles. The van der Waals surface area contributed by atoms with Crippen molar-refractivity contribution in [2.45, 2.75) is 13.8 Å². The van der Waals surface area contributed by atoms with Crippen LogP contribution in [0.3, 0.4) is 0 Å². The summed E-state index contributed by atoms with van der Waals surface area (Å²) in [6.45, 7) is 4.37. The van der Waals surface area contributed by atoms with Gasteiger partial charge >= 0.3 is 0 Å². The van der Waals surface area contributed by atoms with Crippen LogP contribution in [0.15, 0.2) is 22.7 Å². The van der Waals surface area contributed by atoms with Crippen LogP contribution in [-0.2, 0) is 4.79 Å². The van der Waals surface area contributed by atoms with Crippen LogP contribution in [0, 0.1) is 6.92 Å². The molecule has 104 valence electrons. The number of benzene rings is 1. The first-order valence-corrected chi connectivity index (χ1v) is 6.92. The third-order valence-electron chi connectivity index (χ3n) is 2.99. The molecule has 0 fully saturated rings. The lowest BCUT2D eigenvalue weighted by molar-refractivity contribution is -0.129. The molecule has 0 radical (unpaired) electrons. The van der Waals surface area contributed by atoms with Gasteiger partial charge in [-0.3, -0.25) is 9.59 Å². The summed E-state index contributed by atoms with van der Waals surface area (Å²) in [5.74, 6) is -0.195. The van der Waals surface area contributed by atoms with Crippen molar-refractivity contribution in [2.75, 3.05) is 27.2 Å². The Morgan fingerprint density at radius 1 is 1.26 bits per heavy atom. The number of carbonyl (C=O) groups is 2. The number of hydrogen-bond acceptors (Lipinski definition) is 2. The van der Waals surface area contributed by atoms with E-state index in [1.165, 1.54) is 4.90 Å². The number of amides is 2. The average molecular weight is 327 g/mol. The molecule has 0 saturated carbocycles. The summed E-state index contributed by atoms with van der Waals surface area (Å²) in [6, 6.07) is 5.50. The van der Waals surface area contributed by atoms with E-state index in [0.29, 0.717) is 12.1 Å². The van der Waals surface area contributed by atoms with E-state index < -0.39 is 0 Å². The fourth-order valence-electron chi connectivity index (χ4n) is 1.64. The monoisotopic (exact) mass is 326 g/mol. The number of rotatable bonds is 4. The summed E-state index contributed by atoms with van der Waals surface area (Å²) in [5, 5.41) is 0. The van der Waals surface area contributed by atoms with Crippen LogP contribution in [0.1, 0.15) is 22.8 Å². The lowest BCUT2D eigenvalue weighted by Gasteiger charge is -2.23. The van der Waals surface area contributed by atoms with Crippen LogP contribution in [0.4, 0.5) is 0 Å². The highest BCUT2D eigenvalue weighted by atomic mass is 79.9. The first-order chi connectivity index (χ1) is 8.88. The molecule has 5 heteroatoms. The van der Waals surface area contributed by atoms with Crippen LogP contribution < -0.4 is 0 Å². The van der Waals surface area contributed by atoms with Gasteiger partial charge in [0.2, 0.25) is 5.91 Å². The van der Waals surface area contributed by atoms with Crippen molar-refractivity contribution in [3.05, 3.63) is 33.8 Å². The van der Waals surface area contributed by atoms with Gasteiger partial charge in [0, 0.05) is 30.7 Å². The molecule has 0 atom stereocenters. The minimum Gasteiger partial charge on any atom is -0.347 e. The van der Waals surface area contributed by atoms with Crippen LogP contribution in [-0.4, -0.2) is 48.8 Å². The van der Waals surface area contributed by atoms with Gasteiger partial charge in [0.05, 0.1) is 6.54 Å². The van der Waals surface area contributed by atoms with Gasteiger partial charge in [0.15, 0.2) is 0 Å². The second-order valence-electron chi connectivity index (χ2n) is 4.52. The van der Waals surface area contributed by atoms with E-state index in [1.807, 2.05) is 26.0 Å². The Hall–Kier alpha value is -1.36. The average Bonchev–Trinajstić information content (AvgIpc) is 2.38. The van der Waals surface area contributed by atoms with E-state index in [9.17, 15) is 9.59 Å². The second-order valence-corrected chi connectivity index (χ2v) is 5.37. The van der Waals surface area contributed by atoms with Crippen molar-refractivity contribution in [2.24, 2.45) is 0 Å². The molecule has 0 unspecified atom stereocenters. The Balaban J connectivity index is 2.96. The standard InChI is InChI=1S/C14H19BrN2O2/c1-5-17(9-13(18)16(3)4)14(19)11-7-6-8-12(15)10(11)2/h6-8H,5,9H2,1-4H3. The molecule has 0 aliphatic carbocycles. The maximum Gasteiger partial charge on any atom is 0.254 e. The normalized spacial score (nSPS) is 10.2.